The first-order chi connectivity index (χ1) is 14.7. The largest absolute Gasteiger partial charge is 0.330 e. The molecule has 29 heavy (non-hydrogen) atoms. The maximum absolute atomic E-state index is 12.8. The zero-order valence-corrected chi connectivity index (χ0v) is 17.5. The van der Waals surface area contributed by atoms with Gasteiger partial charge in [0.1, 0.15) is 11.5 Å². The molecule has 2 heterocycles. The summed E-state index contributed by atoms with van der Waals surface area (Å²) >= 11 is 6.13. The standard InChI is InChI=1S/C21H26ClN5O2/c1-4-25(3)11-7-10-20(28)26-13-15(2)27-18(12-23-19(27)14-26)21(29)24-17-9-6-5-8-16(17)22/h5-10,12,15H,4,11,13-14H2,1-3H3,(H,24,29)/b10-7+/t15-/m0/s1/i7D,10D. The molecular weight excluding hydrogens is 390 g/mol. The lowest BCUT2D eigenvalue weighted by molar-refractivity contribution is -0.128. The minimum absolute atomic E-state index is 0.0178. The maximum atomic E-state index is 12.8. The number of carbonyl (C=O) groups excluding carboxylic acids is 2. The van der Waals surface area contributed by atoms with Crippen LogP contribution in [0, 0.1) is 0 Å². The van der Waals surface area contributed by atoms with E-state index in [0.717, 1.165) is 6.54 Å². The number of nitrogens with zero attached hydrogens (tertiary/aromatic N) is 4. The highest BCUT2D eigenvalue weighted by molar-refractivity contribution is 6.33. The third kappa shape index (κ3) is 4.86. The Morgan fingerprint density at radius 2 is 2.21 bits per heavy atom. The van der Waals surface area contributed by atoms with Crippen molar-refractivity contribution in [1.82, 2.24) is 19.4 Å². The lowest BCUT2D eigenvalue weighted by atomic mass is 10.2. The smallest absolute Gasteiger partial charge is 0.273 e. The first-order valence-corrected chi connectivity index (χ1v) is 9.86. The molecule has 0 radical (unpaired) electrons. The fourth-order valence-corrected chi connectivity index (χ4v) is 3.34. The Balaban J connectivity index is 1.78. The van der Waals surface area contributed by atoms with Gasteiger partial charge < -0.3 is 19.7 Å². The number of imidazole rings is 1. The summed E-state index contributed by atoms with van der Waals surface area (Å²) in [6.07, 6.45) is 1.48. The lowest BCUT2D eigenvalue weighted by Gasteiger charge is -2.32. The molecule has 1 aliphatic heterocycles. The van der Waals surface area contributed by atoms with Crippen molar-refractivity contribution in [1.29, 1.82) is 0 Å². The van der Waals surface area contributed by atoms with Gasteiger partial charge in [-0.25, -0.2) is 4.98 Å². The van der Waals surface area contributed by atoms with Crippen LogP contribution in [-0.4, -0.2) is 57.8 Å². The van der Waals surface area contributed by atoms with Crippen LogP contribution in [0.3, 0.4) is 0 Å². The fraction of sp³-hybridized carbons (Fsp3) is 0.381. The number of halogens is 1. The molecule has 1 atom stereocenters. The van der Waals surface area contributed by atoms with Gasteiger partial charge in [0.15, 0.2) is 0 Å². The number of fused-ring (bicyclic) bond motifs is 1. The molecule has 0 bridgehead atoms. The predicted octanol–water partition coefficient (Wildman–Crippen LogP) is 3.20. The molecule has 3 rings (SSSR count). The number of rotatable bonds is 6. The average Bonchev–Trinajstić information content (AvgIpc) is 3.19. The number of amides is 2. The van der Waals surface area contributed by atoms with Crippen LogP contribution >= 0.6 is 11.6 Å². The van der Waals surface area contributed by atoms with E-state index >= 15 is 0 Å². The molecule has 154 valence electrons. The van der Waals surface area contributed by atoms with Gasteiger partial charge in [-0.2, -0.15) is 0 Å². The molecule has 7 nitrogen and oxygen atoms in total. The van der Waals surface area contributed by atoms with Crippen molar-refractivity contribution in [2.45, 2.75) is 26.4 Å². The lowest BCUT2D eigenvalue weighted by Crippen LogP contribution is -2.40. The quantitative estimate of drug-likeness (QED) is 0.733. The number of aromatic nitrogens is 2. The van der Waals surface area contributed by atoms with Crippen LogP contribution in [0.25, 0.3) is 0 Å². The van der Waals surface area contributed by atoms with Gasteiger partial charge in [0, 0.05) is 19.1 Å². The Hall–Kier alpha value is -2.64. The molecule has 0 unspecified atom stereocenters. The fourth-order valence-electron chi connectivity index (χ4n) is 3.16. The van der Waals surface area contributed by atoms with Gasteiger partial charge in [0.2, 0.25) is 5.91 Å². The van der Waals surface area contributed by atoms with E-state index in [4.69, 9.17) is 14.3 Å². The summed E-state index contributed by atoms with van der Waals surface area (Å²) in [5, 5.41) is 3.23. The Labute approximate surface area is 178 Å². The molecule has 8 heteroatoms. The number of hydrogen-bond acceptors (Lipinski definition) is 4. The Bertz CT molecular complexity index is 1020. The average molecular weight is 418 g/mol. The number of para-hydroxylation sites is 1. The van der Waals surface area contributed by atoms with Crippen molar-refractivity contribution >= 4 is 29.1 Å². The van der Waals surface area contributed by atoms with Crippen molar-refractivity contribution in [3.63, 3.8) is 0 Å². The van der Waals surface area contributed by atoms with Gasteiger partial charge in [-0.3, -0.25) is 9.59 Å². The number of anilines is 1. The second-order valence-corrected chi connectivity index (χ2v) is 7.44. The summed E-state index contributed by atoms with van der Waals surface area (Å²) in [6, 6.07) is 6.42. The molecule has 1 aromatic heterocycles. The highest BCUT2D eigenvalue weighted by Crippen LogP contribution is 2.25. The summed E-state index contributed by atoms with van der Waals surface area (Å²) in [6.45, 7) is 5.28. The summed E-state index contributed by atoms with van der Waals surface area (Å²) < 4.78 is 18.0. The van der Waals surface area contributed by atoms with E-state index in [1.165, 1.54) is 11.1 Å². The summed E-state index contributed by atoms with van der Waals surface area (Å²) in [4.78, 5) is 33.3. The van der Waals surface area contributed by atoms with E-state index in [1.807, 2.05) is 25.8 Å². The van der Waals surface area contributed by atoms with Crippen LogP contribution in [0.15, 0.2) is 42.6 Å². The molecule has 0 aliphatic carbocycles. The van der Waals surface area contributed by atoms with Crippen LogP contribution < -0.4 is 5.32 Å². The van der Waals surface area contributed by atoms with Gasteiger partial charge in [-0.1, -0.05) is 36.7 Å². The number of likely N-dealkylation sites (N-methyl/N-ethyl adjacent to an activating group) is 1. The van der Waals surface area contributed by atoms with Crippen molar-refractivity contribution in [2.24, 2.45) is 0 Å². The number of nitrogens with one attached hydrogen (secondary N) is 1. The maximum Gasteiger partial charge on any atom is 0.273 e. The van der Waals surface area contributed by atoms with Crippen LogP contribution in [0.2, 0.25) is 5.02 Å². The summed E-state index contributed by atoms with van der Waals surface area (Å²) in [5.74, 6) is -0.283. The van der Waals surface area contributed by atoms with Gasteiger partial charge in [0.25, 0.3) is 5.91 Å². The molecule has 1 aromatic carbocycles. The molecule has 0 saturated heterocycles. The zero-order chi connectivity index (χ0) is 22.7. The van der Waals surface area contributed by atoms with E-state index in [1.54, 1.807) is 28.8 Å². The van der Waals surface area contributed by atoms with E-state index < -0.39 is 5.91 Å². The van der Waals surface area contributed by atoms with E-state index in [-0.39, 0.29) is 37.1 Å². The molecule has 1 N–H and O–H groups in total. The third-order valence-electron chi connectivity index (χ3n) is 4.86. The predicted molar refractivity (Wildman–Crippen MR) is 114 cm³/mol. The number of benzene rings is 1. The summed E-state index contributed by atoms with van der Waals surface area (Å²) in [7, 11) is 1.83. The molecule has 2 amide bonds. The SMILES string of the molecule is [2H]/C(CN(C)CC)=C(/[2H])C(=O)N1Cc2ncc(C(=O)Nc3ccccc3Cl)n2[C@@H](C)C1. The molecular formula is C21H26ClN5O2. The van der Waals surface area contributed by atoms with Crippen LogP contribution in [0.5, 0.6) is 0 Å². The van der Waals surface area contributed by atoms with Crippen LogP contribution in [-0.2, 0) is 11.3 Å². The minimum atomic E-state index is -0.502. The normalized spacial score (nSPS) is 18.0. The Kier molecular flexibility index (Phi) is 5.86. The van der Waals surface area contributed by atoms with Crippen LogP contribution in [0.1, 0.15) is 38.9 Å². The highest BCUT2D eigenvalue weighted by atomic mass is 35.5. The van der Waals surface area contributed by atoms with Crippen LogP contribution in [0.4, 0.5) is 5.69 Å². The van der Waals surface area contributed by atoms with Crippen molar-refractivity contribution in [3.05, 3.63) is 59.1 Å². The van der Waals surface area contributed by atoms with Crippen molar-refractivity contribution in [2.75, 3.05) is 32.0 Å². The Morgan fingerprint density at radius 1 is 1.45 bits per heavy atom. The minimum Gasteiger partial charge on any atom is -0.330 e. The second-order valence-electron chi connectivity index (χ2n) is 7.03. The van der Waals surface area contributed by atoms with E-state index in [0.29, 0.717) is 28.8 Å². The first kappa shape index (κ1) is 18.4. The summed E-state index contributed by atoms with van der Waals surface area (Å²) in [5.41, 5.74) is 0.885. The van der Waals surface area contributed by atoms with Gasteiger partial charge in [-0.05, 0) is 32.6 Å². The molecule has 0 spiro atoms. The van der Waals surface area contributed by atoms with Crippen molar-refractivity contribution in [3.8, 4) is 0 Å². The van der Waals surface area contributed by atoms with Gasteiger partial charge in [-0.15, -0.1) is 0 Å². The number of hydrogen-bond donors (Lipinski definition) is 1. The van der Waals surface area contributed by atoms with E-state index in [9.17, 15) is 9.59 Å². The zero-order valence-electron chi connectivity index (χ0n) is 18.8. The Morgan fingerprint density at radius 3 is 2.93 bits per heavy atom. The topological polar surface area (TPSA) is 70.5 Å². The first-order valence-electron chi connectivity index (χ1n) is 10.5. The molecule has 1 aliphatic rings. The number of carbonyl (C=O) groups is 2. The molecule has 2 aromatic rings. The monoisotopic (exact) mass is 417 g/mol. The highest BCUT2D eigenvalue weighted by Gasteiger charge is 2.29. The molecule has 0 saturated carbocycles. The van der Waals surface area contributed by atoms with Crippen molar-refractivity contribution < 1.29 is 12.3 Å². The third-order valence-corrected chi connectivity index (χ3v) is 5.19. The van der Waals surface area contributed by atoms with E-state index in [2.05, 4.69) is 10.3 Å². The second kappa shape index (κ2) is 9.24. The van der Waals surface area contributed by atoms with Gasteiger partial charge >= 0.3 is 0 Å². The molecule has 0 fully saturated rings. The van der Waals surface area contributed by atoms with Gasteiger partial charge in [0.05, 0.1) is 32.2 Å².